The van der Waals surface area contributed by atoms with Crippen molar-refractivity contribution in [2.24, 2.45) is 5.92 Å². The SMILES string of the molecule is COc1cccc(F)c1[C@@H]1C[C@H]1CO. The molecular weight excluding hydrogens is 183 g/mol. The zero-order valence-corrected chi connectivity index (χ0v) is 8.03. The van der Waals surface area contributed by atoms with Crippen molar-refractivity contribution in [1.29, 1.82) is 0 Å². The van der Waals surface area contributed by atoms with Gasteiger partial charge in [-0.25, -0.2) is 4.39 Å². The minimum Gasteiger partial charge on any atom is -0.496 e. The highest BCUT2D eigenvalue weighted by atomic mass is 19.1. The molecule has 2 rings (SSSR count). The smallest absolute Gasteiger partial charge is 0.130 e. The third kappa shape index (κ3) is 1.48. The Morgan fingerprint density at radius 1 is 1.57 bits per heavy atom. The molecule has 0 spiro atoms. The van der Waals surface area contributed by atoms with Crippen molar-refractivity contribution in [3.8, 4) is 5.75 Å². The molecule has 0 unspecified atom stereocenters. The van der Waals surface area contributed by atoms with Crippen LogP contribution in [-0.4, -0.2) is 18.8 Å². The van der Waals surface area contributed by atoms with Crippen molar-refractivity contribution in [2.45, 2.75) is 12.3 Å². The summed E-state index contributed by atoms with van der Waals surface area (Å²) in [5.41, 5.74) is 0.619. The Hall–Kier alpha value is -1.09. The zero-order chi connectivity index (χ0) is 10.1. The first-order chi connectivity index (χ1) is 6.77. The molecule has 1 aliphatic carbocycles. The van der Waals surface area contributed by atoms with Gasteiger partial charge in [-0.3, -0.25) is 0 Å². The van der Waals surface area contributed by atoms with Gasteiger partial charge in [0.2, 0.25) is 0 Å². The largest absolute Gasteiger partial charge is 0.496 e. The summed E-state index contributed by atoms with van der Waals surface area (Å²) in [4.78, 5) is 0. The third-order valence-corrected chi connectivity index (χ3v) is 2.76. The molecule has 1 aromatic carbocycles. The average Bonchev–Trinajstić information content (AvgIpc) is 2.96. The number of halogens is 1. The minimum absolute atomic E-state index is 0.127. The third-order valence-electron chi connectivity index (χ3n) is 2.76. The molecule has 1 aliphatic rings. The summed E-state index contributed by atoms with van der Waals surface area (Å²) in [6.07, 6.45) is 0.855. The molecule has 2 atom stereocenters. The monoisotopic (exact) mass is 196 g/mol. The molecule has 1 aromatic rings. The van der Waals surface area contributed by atoms with Crippen LogP contribution in [0, 0.1) is 11.7 Å². The number of hydrogen-bond donors (Lipinski definition) is 1. The predicted molar refractivity (Wildman–Crippen MR) is 50.9 cm³/mol. The Balaban J connectivity index is 2.32. The van der Waals surface area contributed by atoms with Crippen LogP contribution in [0.1, 0.15) is 17.9 Å². The van der Waals surface area contributed by atoms with E-state index in [2.05, 4.69) is 0 Å². The molecule has 76 valence electrons. The second-order valence-electron chi connectivity index (χ2n) is 3.64. The number of benzene rings is 1. The summed E-state index contributed by atoms with van der Waals surface area (Å²) in [6.45, 7) is 0.127. The fraction of sp³-hybridized carbons (Fsp3) is 0.455. The molecule has 1 saturated carbocycles. The van der Waals surface area contributed by atoms with E-state index in [-0.39, 0.29) is 24.3 Å². The van der Waals surface area contributed by atoms with Crippen LogP contribution in [0.5, 0.6) is 5.75 Å². The summed E-state index contributed by atoms with van der Waals surface area (Å²) in [6, 6.07) is 4.82. The highest BCUT2D eigenvalue weighted by Crippen LogP contribution is 2.50. The van der Waals surface area contributed by atoms with E-state index in [0.29, 0.717) is 11.3 Å². The fourth-order valence-corrected chi connectivity index (χ4v) is 1.86. The molecule has 0 radical (unpaired) electrons. The first-order valence-corrected chi connectivity index (χ1v) is 4.71. The highest BCUT2D eigenvalue weighted by molar-refractivity contribution is 5.40. The molecule has 2 nitrogen and oxygen atoms in total. The maximum absolute atomic E-state index is 13.5. The van der Waals surface area contributed by atoms with Crippen LogP contribution in [0.15, 0.2) is 18.2 Å². The van der Waals surface area contributed by atoms with Crippen LogP contribution in [0.3, 0.4) is 0 Å². The van der Waals surface area contributed by atoms with E-state index < -0.39 is 0 Å². The molecule has 1 fully saturated rings. The summed E-state index contributed by atoms with van der Waals surface area (Å²) in [5.74, 6) is 0.702. The van der Waals surface area contributed by atoms with Gasteiger partial charge in [-0.05, 0) is 30.4 Å². The number of methoxy groups -OCH3 is 1. The van der Waals surface area contributed by atoms with E-state index in [9.17, 15) is 4.39 Å². The van der Waals surface area contributed by atoms with Crippen molar-refractivity contribution in [3.63, 3.8) is 0 Å². The standard InChI is InChI=1S/C11H13FO2/c1-14-10-4-2-3-9(12)11(10)8-5-7(8)6-13/h2-4,7-8,13H,5-6H2,1H3/t7-,8+/m0/s1. The van der Waals surface area contributed by atoms with Crippen LogP contribution in [0.2, 0.25) is 0 Å². The van der Waals surface area contributed by atoms with Gasteiger partial charge in [-0.1, -0.05) is 6.07 Å². The number of ether oxygens (including phenoxy) is 1. The molecule has 0 bridgehead atoms. The number of hydrogen-bond acceptors (Lipinski definition) is 2. The topological polar surface area (TPSA) is 29.5 Å². The Morgan fingerprint density at radius 2 is 2.36 bits per heavy atom. The van der Waals surface area contributed by atoms with Crippen LogP contribution in [0.4, 0.5) is 4.39 Å². The molecule has 0 aliphatic heterocycles. The van der Waals surface area contributed by atoms with Crippen molar-refractivity contribution >= 4 is 0 Å². The molecular formula is C11H13FO2. The lowest BCUT2D eigenvalue weighted by Crippen LogP contribution is -1.96. The van der Waals surface area contributed by atoms with Gasteiger partial charge in [-0.15, -0.1) is 0 Å². The zero-order valence-electron chi connectivity index (χ0n) is 8.03. The van der Waals surface area contributed by atoms with Gasteiger partial charge >= 0.3 is 0 Å². The van der Waals surface area contributed by atoms with Crippen molar-refractivity contribution < 1.29 is 14.2 Å². The van der Waals surface area contributed by atoms with E-state index in [1.54, 1.807) is 12.1 Å². The maximum Gasteiger partial charge on any atom is 0.130 e. The molecule has 0 saturated heterocycles. The van der Waals surface area contributed by atoms with Crippen LogP contribution in [-0.2, 0) is 0 Å². The van der Waals surface area contributed by atoms with Gasteiger partial charge in [0.1, 0.15) is 11.6 Å². The Bertz CT molecular complexity index is 338. The summed E-state index contributed by atoms with van der Waals surface area (Å²) >= 11 is 0. The Morgan fingerprint density at radius 3 is 2.93 bits per heavy atom. The Kier molecular flexibility index (Phi) is 2.42. The van der Waals surface area contributed by atoms with Gasteiger partial charge in [0, 0.05) is 12.2 Å². The minimum atomic E-state index is -0.231. The second-order valence-corrected chi connectivity index (χ2v) is 3.64. The lowest BCUT2D eigenvalue weighted by Gasteiger charge is -2.08. The van der Waals surface area contributed by atoms with Gasteiger partial charge in [0.25, 0.3) is 0 Å². The predicted octanol–water partition coefficient (Wildman–Crippen LogP) is 1.93. The van der Waals surface area contributed by atoms with E-state index >= 15 is 0 Å². The molecule has 0 aromatic heterocycles. The van der Waals surface area contributed by atoms with E-state index in [0.717, 1.165) is 6.42 Å². The molecule has 1 N–H and O–H groups in total. The van der Waals surface area contributed by atoms with Gasteiger partial charge in [0.15, 0.2) is 0 Å². The average molecular weight is 196 g/mol. The molecule has 0 amide bonds. The first-order valence-electron chi connectivity index (χ1n) is 4.71. The van der Waals surface area contributed by atoms with Crippen molar-refractivity contribution in [3.05, 3.63) is 29.6 Å². The van der Waals surface area contributed by atoms with Crippen LogP contribution >= 0.6 is 0 Å². The van der Waals surface area contributed by atoms with E-state index in [4.69, 9.17) is 9.84 Å². The van der Waals surface area contributed by atoms with Crippen molar-refractivity contribution in [2.75, 3.05) is 13.7 Å². The number of rotatable bonds is 3. The number of aliphatic hydroxyl groups is 1. The van der Waals surface area contributed by atoms with Gasteiger partial charge in [-0.2, -0.15) is 0 Å². The molecule has 14 heavy (non-hydrogen) atoms. The second kappa shape index (κ2) is 3.58. The van der Waals surface area contributed by atoms with E-state index in [1.807, 2.05) is 0 Å². The Labute approximate surface area is 82.3 Å². The van der Waals surface area contributed by atoms with Gasteiger partial charge < -0.3 is 9.84 Å². The summed E-state index contributed by atoms with van der Waals surface area (Å²) in [5, 5.41) is 8.93. The maximum atomic E-state index is 13.5. The van der Waals surface area contributed by atoms with Gasteiger partial charge in [0.05, 0.1) is 7.11 Å². The number of aliphatic hydroxyl groups excluding tert-OH is 1. The van der Waals surface area contributed by atoms with Crippen LogP contribution in [0.25, 0.3) is 0 Å². The summed E-state index contributed by atoms with van der Waals surface area (Å²) in [7, 11) is 1.54. The quantitative estimate of drug-likeness (QED) is 0.800. The summed E-state index contributed by atoms with van der Waals surface area (Å²) < 4.78 is 18.6. The van der Waals surface area contributed by atoms with Crippen molar-refractivity contribution in [1.82, 2.24) is 0 Å². The molecule has 0 heterocycles. The fourth-order valence-electron chi connectivity index (χ4n) is 1.86. The normalized spacial score (nSPS) is 24.8. The first kappa shape index (κ1) is 9.46. The van der Waals surface area contributed by atoms with Crippen LogP contribution < -0.4 is 4.74 Å². The van der Waals surface area contributed by atoms with E-state index in [1.165, 1.54) is 13.2 Å². The molecule has 3 heteroatoms. The lowest BCUT2D eigenvalue weighted by molar-refractivity contribution is 0.273. The lowest BCUT2D eigenvalue weighted by atomic mass is 10.1. The highest BCUT2D eigenvalue weighted by Gasteiger charge is 2.41.